The summed E-state index contributed by atoms with van der Waals surface area (Å²) in [4.78, 5) is 12.1. The van der Waals surface area contributed by atoms with Gasteiger partial charge in [-0.1, -0.05) is 0 Å². The minimum absolute atomic E-state index is 0.133. The molecule has 2 aromatic heterocycles. The summed E-state index contributed by atoms with van der Waals surface area (Å²) in [5.41, 5.74) is 6.62. The lowest BCUT2D eigenvalue weighted by molar-refractivity contribution is -0.0289. The molecule has 0 spiro atoms. The number of aromatic nitrogens is 4. The summed E-state index contributed by atoms with van der Waals surface area (Å²) in [6.45, 7) is 0.133. The van der Waals surface area contributed by atoms with Gasteiger partial charge in [-0.2, -0.15) is 11.8 Å². The van der Waals surface area contributed by atoms with Crippen molar-refractivity contribution < 1.29 is 20.1 Å². The van der Waals surface area contributed by atoms with E-state index in [2.05, 4.69) is 15.0 Å². The first-order valence-corrected chi connectivity index (χ1v) is 8.42. The molecule has 3 rings (SSSR count). The summed E-state index contributed by atoms with van der Waals surface area (Å²) in [6.07, 6.45) is 0.0864. The number of hydrogen-bond acceptors (Lipinski definition) is 9. The molecule has 1 fully saturated rings. The molecule has 0 amide bonds. The van der Waals surface area contributed by atoms with Crippen molar-refractivity contribution >= 4 is 28.7 Å². The number of thioether (sulfide) groups is 1. The predicted molar refractivity (Wildman–Crippen MR) is 84.7 cm³/mol. The smallest absolute Gasteiger partial charge is 0.167 e. The van der Waals surface area contributed by atoms with Crippen LogP contribution in [0.25, 0.3) is 11.2 Å². The molecular formula is C13H19N5O4S. The SMILES string of the molecule is Nc1ncnc2c1ncn2[C@H]1O[C@@H](CSCCCO)[C@H](O)[C@@H]1O. The number of imidazole rings is 1. The molecule has 5 N–H and O–H groups in total. The van der Waals surface area contributed by atoms with E-state index in [1.807, 2.05) is 0 Å². The molecule has 2 aromatic rings. The molecule has 0 bridgehead atoms. The number of aliphatic hydroxyl groups is 3. The highest BCUT2D eigenvalue weighted by molar-refractivity contribution is 7.99. The number of aliphatic hydroxyl groups excluding tert-OH is 3. The fourth-order valence-corrected chi connectivity index (χ4v) is 3.53. The number of hydrogen-bond donors (Lipinski definition) is 4. The van der Waals surface area contributed by atoms with Gasteiger partial charge in [0.2, 0.25) is 0 Å². The van der Waals surface area contributed by atoms with Crippen LogP contribution < -0.4 is 5.73 Å². The van der Waals surface area contributed by atoms with Gasteiger partial charge in [-0.05, 0) is 12.2 Å². The van der Waals surface area contributed by atoms with Crippen LogP contribution in [-0.2, 0) is 4.74 Å². The highest BCUT2D eigenvalue weighted by Crippen LogP contribution is 2.33. The second-order valence-corrected chi connectivity index (χ2v) is 6.43. The van der Waals surface area contributed by atoms with Gasteiger partial charge < -0.3 is 25.8 Å². The Balaban J connectivity index is 1.76. The van der Waals surface area contributed by atoms with Crippen molar-refractivity contribution in [1.82, 2.24) is 19.5 Å². The summed E-state index contributed by atoms with van der Waals surface area (Å²) < 4.78 is 7.35. The van der Waals surface area contributed by atoms with E-state index in [9.17, 15) is 10.2 Å². The fourth-order valence-electron chi connectivity index (χ4n) is 2.52. The molecule has 23 heavy (non-hydrogen) atoms. The first-order valence-electron chi connectivity index (χ1n) is 7.26. The van der Waals surface area contributed by atoms with Gasteiger partial charge in [-0.25, -0.2) is 15.0 Å². The summed E-state index contributed by atoms with van der Waals surface area (Å²) in [5.74, 6) is 1.54. The first-order chi connectivity index (χ1) is 11.1. The standard InChI is InChI=1S/C13H19N5O4S/c14-11-8-12(16-5-15-11)18(6-17-8)13-10(21)9(20)7(22-13)4-23-3-1-2-19/h5-7,9-10,13,19-21H,1-4H2,(H2,14,15,16)/t7-,9-,10-,13-/m0/s1. The van der Waals surface area contributed by atoms with E-state index in [1.54, 1.807) is 16.3 Å². The van der Waals surface area contributed by atoms with Crippen LogP contribution >= 0.6 is 11.8 Å². The molecule has 1 aliphatic heterocycles. The van der Waals surface area contributed by atoms with E-state index in [4.69, 9.17) is 15.6 Å². The summed E-state index contributed by atoms with van der Waals surface area (Å²) in [7, 11) is 0. The number of anilines is 1. The van der Waals surface area contributed by atoms with Gasteiger partial charge in [-0.3, -0.25) is 4.57 Å². The van der Waals surface area contributed by atoms with Crippen molar-refractivity contribution in [1.29, 1.82) is 0 Å². The monoisotopic (exact) mass is 341 g/mol. The summed E-state index contributed by atoms with van der Waals surface area (Å²) in [6, 6.07) is 0. The number of nitrogen functional groups attached to an aromatic ring is 1. The van der Waals surface area contributed by atoms with Crippen molar-refractivity contribution in [2.45, 2.75) is 31.0 Å². The van der Waals surface area contributed by atoms with E-state index in [-0.39, 0.29) is 12.4 Å². The zero-order valence-corrected chi connectivity index (χ0v) is 13.1. The van der Waals surface area contributed by atoms with Gasteiger partial charge in [0.25, 0.3) is 0 Å². The zero-order chi connectivity index (χ0) is 16.4. The average Bonchev–Trinajstić information content (AvgIpc) is 3.09. The van der Waals surface area contributed by atoms with Crippen molar-refractivity contribution in [2.75, 3.05) is 23.8 Å². The number of nitrogens with zero attached hydrogens (tertiary/aromatic N) is 4. The molecular weight excluding hydrogens is 322 g/mol. The summed E-state index contributed by atoms with van der Waals surface area (Å²) in [5, 5.41) is 29.2. The third-order valence-electron chi connectivity index (χ3n) is 3.73. The molecule has 0 unspecified atom stereocenters. The Kier molecular flexibility index (Phi) is 4.97. The highest BCUT2D eigenvalue weighted by Gasteiger charge is 2.44. The Labute approximate surface area is 136 Å². The topological polar surface area (TPSA) is 140 Å². The molecule has 3 heterocycles. The molecule has 1 saturated heterocycles. The largest absolute Gasteiger partial charge is 0.396 e. The minimum Gasteiger partial charge on any atom is -0.396 e. The van der Waals surface area contributed by atoms with Gasteiger partial charge in [0.15, 0.2) is 17.7 Å². The number of fused-ring (bicyclic) bond motifs is 1. The van der Waals surface area contributed by atoms with Crippen molar-refractivity contribution in [3.63, 3.8) is 0 Å². The Morgan fingerprint density at radius 3 is 2.87 bits per heavy atom. The number of rotatable bonds is 6. The van der Waals surface area contributed by atoms with Crippen LogP contribution in [0.3, 0.4) is 0 Å². The zero-order valence-electron chi connectivity index (χ0n) is 12.3. The van der Waals surface area contributed by atoms with Crippen LogP contribution in [0.5, 0.6) is 0 Å². The Morgan fingerprint density at radius 2 is 2.09 bits per heavy atom. The second-order valence-electron chi connectivity index (χ2n) is 5.28. The summed E-state index contributed by atoms with van der Waals surface area (Å²) >= 11 is 1.56. The van der Waals surface area contributed by atoms with Crippen LogP contribution in [-0.4, -0.2) is 71.3 Å². The van der Waals surface area contributed by atoms with Crippen LogP contribution in [0.4, 0.5) is 5.82 Å². The molecule has 4 atom stereocenters. The predicted octanol–water partition coefficient (Wildman–Crippen LogP) is -0.857. The van der Waals surface area contributed by atoms with E-state index < -0.39 is 24.5 Å². The molecule has 10 heteroatoms. The maximum absolute atomic E-state index is 10.3. The first kappa shape index (κ1) is 16.4. The minimum atomic E-state index is -1.09. The van der Waals surface area contributed by atoms with Crippen molar-refractivity contribution in [3.05, 3.63) is 12.7 Å². The Morgan fingerprint density at radius 1 is 1.26 bits per heavy atom. The third-order valence-corrected chi connectivity index (χ3v) is 4.87. The molecule has 1 aliphatic rings. The van der Waals surface area contributed by atoms with Crippen LogP contribution in [0.15, 0.2) is 12.7 Å². The van der Waals surface area contributed by atoms with E-state index in [1.165, 1.54) is 12.7 Å². The molecule has 0 aromatic carbocycles. The lowest BCUT2D eigenvalue weighted by Gasteiger charge is -2.16. The third kappa shape index (κ3) is 3.12. The van der Waals surface area contributed by atoms with Crippen LogP contribution in [0, 0.1) is 0 Å². The molecule has 0 aliphatic carbocycles. The highest BCUT2D eigenvalue weighted by atomic mass is 32.2. The van der Waals surface area contributed by atoms with Gasteiger partial charge in [0.05, 0.1) is 12.4 Å². The maximum atomic E-state index is 10.3. The van der Waals surface area contributed by atoms with Gasteiger partial charge in [0, 0.05) is 12.4 Å². The Bertz CT molecular complexity index is 669. The van der Waals surface area contributed by atoms with E-state index >= 15 is 0 Å². The normalized spacial score (nSPS) is 27.8. The molecule has 126 valence electrons. The van der Waals surface area contributed by atoms with Gasteiger partial charge in [0.1, 0.15) is 24.1 Å². The van der Waals surface area contributed by atoms with Gasteiger partial charge >= 0.3 is 0 Å². The van der Waals surface area contributed by atoms with Crippen molar-refractivity contribution in [3.8, 4) is 0 Å². The van der Waals surface area contributed by atoms with Crippen LogP contribution in [0.2, 0.25) is 0 Å². The van der Waals surface area contributed by atoms with E-state index in [0.717, 1.165) is 5.75 Å². The van der Waals surface area contributed by atoms with Crippen molar-refractivity contribution in [2.24, 2.45) is 0 Å². The lowest BCUT2D eigenvalue weighted by Crippen LogP contribution is -2.32. The number of nitrogens with two attached hydrogens (primary N) is 1. The number of ether oxygens (including phenoxy) is 1. The lowest BCUT2D eigenvalue weighted by atomic mass is 10.1. The van der Waals surface area contributed by atoms with Gasteiger partial charge in [-0.15, -0.1) is 0 Å². The molecule has 0 saturated carbocycles. The van der Waals surface area contributed by atoms with Crippen LogP contribution in [0.1, 0.15) is 12.6 Å². The Hall–Kier alpha value is -1.46. The maximum Gasteiger partial charge on any atom is 0.167 e. The quantitative estimate of drug-likeness (QED) is 0.494. The van der Waals surface area contributed by atoms with E-state index in [0.29, 0.717) is 23.3 Å². The second kappa shape index (κ2) is 6.97. The molecule has 9 nitrogen and oxygen atoms in total. The molecule has 0 radical (unpaired) electrons. The average molecular weight is 341 g/mol. The fraction of sp³-hybridized carbons (Fsp3) is 0.615.